The van der Waals surface area contributed by atoms with Gasteiger partial charge < -0.3 is 0 Å². The van der Waals surface area contributed by atoms with E-state index in [4.69, 9.17) is 0 Å². The lowest BCUT2D eigenvalue weighted by Crippen LogP contribution is -2.29. The highest BCUT2D eigenvalue weighted by molar-refractivity contribution is 7.66. The van der Waals surface area contributed by atoms with E-state index in [9.17, 15) is 17.4 Å². The van der Waals surface area contributed by atoms with Gasteiger partial charge in [-0.15, -0.1) is 0 Å². The van der Waals surface area contributed by atoms with Crippen molar-refractivity contribution in [2.75, 3.05) is 0 Å². The summed E-state index contributed by atoms with van der Waals surface area (Å²) in [5.41, 5.74) is 0. The number of halogens is 3. The van der Waals surface area contributed by atoms with E-state index in [0.29, 0.717) is 12.8 Å². The number of hydrogen-bond acceptors (Lipinski definition) is 1. The van der Waals surface area contributed by atoms with Gasteiger partial charge in [-0.1, -0.05) is 0 Å². The molecule has 5 heteroatoms. The predicted molar refractivity (Wildman–Crippen MR) is 30.6 cm³/mol. The molecular weight excluding hydrogens is 165 g/mol. The summed E-state index contributed by atoms with van der Waals surface area (Å²) in [4.78, 5) is 0. The van der Waals surface area contributed by atoms with Crippen molar-refractivity contribution in [3.05, 3.63) is 0 Å². The summed E-state index contributed by atoms with van der Waals surface area (Å²) in [6.07, 6.45) is -3.19. The van der Waals surface area contributed by atoms with Crippen LogP contribution >= 0.6 is 0 Å². The van der Waals surface area contributed by atoms with Gasteiger partial charge >= 0.3 is 23.1 Å². The summed E-state index contributed by atoms with van der Waals surface area (Å²) in [6.45, 7) is 0. The van der Waals surface area contributed by atoms with Crippen LogP contribution < -0.4 is 0 Å². The molecule has 1 atom stereocenters. The zero-order valence-corrected chi connectivity index (χ0v) is 5.84. The second-order valence-electron chi connectivity index (χ2n) is 2.40. The first-order valence-corrected chi connectivity index (χ1v) is 3.71. The number of rotatable bonds is 2. The van der Waals surface area contributed by atoms with Crippen LogP contribution in [-0.2, 0) is 15.9 Å². The van der Waals surface area contributed by atoms with Gasteiger partial charge in [-0.2, -0.15) is 13.2 Å². The maximum absolute atomic E-state index is 11.8. The van der Waals surface area contributed by atoms with Crippen molar-refractivity contribution in [2.45, 2.75) is 24.3 Å². The first-order valence-electron chi connectivity index (χ1n) is 2.91. The molecule has 1 fully saturated rings. The molecule has 1 aliphatic carbocycles. The summed E-state index contributed by atoms with van der Waals surface area (Å²) in [7, 11) is 0. The fraction of sp³-hybridized carbons (Fsp3) is 1.00. The molecule has 0 aliphatic heterocycles. The van der Waals surface area contributed by atoms with E-state index in [0.717, 1.165) is 0 Å². The van der Waals surface area contributed by atoms with Crippen LogP contribution in [0.15, 0.2) is 0 Å². The highest BCUT2D eigenvalue weighted by Gasteiger charge is 2.58. The molecule has 1 nitrogen and oxygen atoms in total. The average Bonchev–Trinajstić information content (AvgIpc) is 2.46. The summed E-state index contributed by atoms with van der Waals surface area (Å²) >= 11 is -0.328. The Morgan fingerprint density at radius 1 is 1.40 bits per heavy atom. The SMILES string of the molecule is O=[S+]C(C1CC1)C(F)(F)F. The van der Waals surface area contributed by atoms with Crippen LogP contribution in [-0.4, -0.2) is 11.4 Å². The van der Waals surface area contributed by atoms with Crippen LogP contribution in [0.3, 0.4) is 0 Å². The molecule has 0 amide bonds. The Morgan fingerprint density at radius 2 is 1.90 bits per heavy atom. The van der Waals surface area contributed by atoms with Crippen LogP contribution in [0.4, 0.5) is 13.2 Å². The topological polar surface area (TPSA) is 17.1 Å². The van der Waals surface area contributed by atoms with E-state index >= 15 is 0 Å². The zero-order valence-electron chi connectivity index (χ0n) is 5.02. The lowest BCUT2D eigenvalue weighted by atomic mass is 10.3. The molecular formula is C5H6F3OS+. The number of hydrogen-bond donors (Lipinski definition) is 0. The third kappa shape index (κ3) is 1.65. The summed E-state index contributed by atoms with van der Waals surface area (Å²) in [6, 6.07) is 0. The Labute approximate surface area is 60.1 Å². The van der Waals surface area contributed by atoms with Crippen molar-refractivity contribution >= 4 is 11.7 Å². The van der Waals surface area contributed by atoms with Gasteiger partial charge in [0.1, 0.15) is 0 Å². The van der Waals surface area contributed by atoms with E-state index in [-0.39, 0.29) is 11.7 Å². The molecule has 0 saturated heterocycles. The summed E-state index contributed by atoms with van der Waals surface area (Å²) in [5.74, 6) is -0.400. The van der Waals surface area contributed by atoms with Crippen LogP contribution in [0.25, 0.3) is 0 Å². The predicted octanol–water partition coefficient (Wildman–Crippen LogP) is 1.76. The molecule has 58 valence electrons. The van der Waals surface area contributed by atoms with Gasteiger partial charge in [0.15, 0.2) is 0 Å². The van der Waals surface area contributed by atoms with E-state index < -0.39 is 17.3 Å². The molecule has 1 unspecified atom stereocenters. The minimum atomic E-state index is -4.30. The van der Waals surface area contributed by atoms with Crippen molar-refractivity contribution in [3.8, 4) is 0 Å². The van der Waals surface area contributed by atoms with Crippen LogP contribution in [0.5, 0.6) is 0 Å². The van der Waals surface area contributed by atoms with Gasteiger partial charge in [0, 0.05) is 10.1 Å². The van der Waals surface area contributed by atoms with Crippen molar-refractivity contribution in [2.24, 2.45) is 5.92 Å². The first kappa shape index (κ1) is 7.91. The van der Waals surface area contributed by atoms with E-state index in [1.54, 1.807) is 0 Å². The Morgan fingerprint density at radius 3 is 2.00 bits per heavy atom. The molecule has 0 spiro atoms. The Bertz CT molecular complexity index is 140. The molecule has 1 aliphatic rings. The minimum absolute atomic E-state index is 0.328. The maximum atomic E-state index is 11.8. The van der Waals surface area contributed by atoms with Crippen LogP contribution in [0, 0.1) is 5.92 Å². The lowest BCUT2D eigenvalue weighted by Gasteiger charge is -2.02. The Balaban J connectivity index is 2.54. The molecule has 1 saturated carbocycles. The number of alkyl halides is 3. The molecule has 10 heavy (non-hydrogen) atoms. The Kier molecular flexibility index (Phi) is 1.94. The largest absolute Gasteiger partial charge is 0.472 e. The molecule has 0 heterocycles. The molecule has 0 aromatic carbocycles. The van der Waals surface area contributed by atoms with Gasteiger partial charge in [-0.25, -0.2) is 0 Å². The van der Waals surface area contributed by atoms with Crippen molar-refractivity contribution in [3.63, 3.8) is 0 Å². The molecule has 0 aromatic heterocycles. The minimum Gasteiger partial charge on any atom is -0.165 e. The highest BCUT2D eigenvalue weighted by atomic mass is 32.1. The van der Waals surface area contributed by atoms with Gasteiger partial charge in [-0.3, -0.25) is 0 Å². The van der Waals surface area contributed by atoms with Gasteiger partial charge in [0.2, 0.25) is 0 Å². The van der Waals surface area contributed by atoms with Crippen LogP contribution in [0.1, 0.15) is 12.8 Å². The zero-order chi connectivity index (χ0) is 7.78. The quantitative estimate of drug-likeness (QED) is 0.578. The fourth-order valence-electron chi connectivity index (χ4n) is 0.799. The van der Waals surface area contributed by atoms with Crippen LogP contribution in [0.2, 0.25) is 0 Å². The van der Waals surface area contributed by atoms with E-state index in [1.807, 2.05) is 0 Å². The molecule has 0 bridgehead atoms. The maximum Gasteiger partial charge on any atom is 0.472 e. The standard InChI is InChI=1S/C5H6F3OS/c6-5(7,8)4(10-9)3-1-2-3/h3-4H,1-2H2/q+1. The normalized spacial score (nSPS) is 22.3. The third-order valence-electron chi connectivity index (χ3n) is 1.48. The van der Waals surface area contributed by atoms with E-state index in [1.165, 1.54) is 0 Å². The lowest BCUT2D eigenvalue weighted by molar-refractivity contribution is -0.132. The smallest absolute Gasteiger partial charge is 0.165 e. The second-order valence-corrected chi connectivity index (χ2v) is 3.10. The summed E-state index contributed by atoms with van der Waals surface area (Å²) < 4.78 is 45.3. The van der Waals surface area contributed by atoms with Gasteiger partial charge in [0.25, 0.3) is 0 Å². The van der Waals surface area contributed by atoms with Crippen molar-refractivity contribution in [1.29, 1.82) is 0 Å². The van der Waals surface area contributed by atoms with Crippen molar-refractivity contribution < 1.29 is 17.4 Å². The Hall–Kier alpha value is -0.190. The van der Waals surface area contributed by atoms with Gasteiger partial charge in [0.05, 0.1) is 0 Å². The second kappa shape index (κ2) is 2.45. The fourth-order valence-corrected chi connectivity index (χ4v) is 1.34. The molecule has 1 rings (SSSR count). The monoisotopic (exact) mass is 171 g/mol. The van der Waals surface area contributed by atoms with Crippen molar-refractivity contribution in [1.82, 2.24) is 0 Å². The molecule has 0 aromatic rings. The van der Waals surface area contributed by atoms with E-state index in [2.05, 4.69) is 0 Å². The average molecular weight is 171 g/mol. The van der Waals surface area contributed by atoms with Gasteiger partial charge in [-0.05, 0) is 12.8 Å². The molecule has 0 N–H and O–H groups in total. The summed E-state index contributed by atoms with van der Waals surface area (Å²) in [5, 5.41) is -1.66. The molecule has 0 radical (unpaired) electrons. The highest BCUT2D eigenvalue weighted by Crippen LogP contribution is 2.41. The third-order valence-corrected chi connectivity index (χ3v) is 2.34. The first-order chi connectivity index (χ1) is 4.55.